The van der Waals surface area contributed by atoms with Gasteiger partial charge in [0.15, 0.2) is 0 Å². The van der Waals surface area contributed by atoms with Gasteiger partial charge in [-0.15, -0.1) is 9.24 Å². The fourth-order valence-corrected chi connectivity index (χ4v) is 3.05. The normalized spacial score (nSPS) is 18.4. The Morgan fingerprint density at radius 2 is 1.86 bits per heavy atom. The number of hydrogen-bond acceptors (Lipinski definition) is 3. The van der Waals surface area contributed by atoms with Crippen LogP contribution in [0.1, 0.15) is 39.2 Å². The average Bonchev–Trinajstić information content (AvgIpc) is 2.37. The van der Waals surface area contributed by atoms with E-state index in [2.05, 4.69) is 9.24 Å². The van der Waals surface area contributed by atoms with E-state index in [9.17, 15) is 9.90 Å². The third kappa shape index (κ3) is 3.96. The molecule has 1 saturated heterocycles. The Balaban J connectivity index is 2.03. The third-order valence-electron chi connectivity index (χ3n) is 3.70. The van der Waals surface area contributed by atoms with Gasteiger partial charge in [0.25, 0.3) is 0 Å². The molecule has 0 aromatic heterocycles. The summed E-state index contributed by atoms with van der Waals surface area (Å²) in [5.74, 6) is 0. The second-order valence-electron chi connectivity index (χ2n) is 6.59. The van der Waals surface area contributed by atoms with Crippen LogP contribution in [0.3, 0.4) is 0 Å². The van der Waals surface area contributed by atoms with Gasteiger partial charge in [0.1, 0.15) is 5.60 Å². The highest BCUT2D eigenvalue weighted by atomic mass is 31.0. The molecule has 1 unspecified atom stereocenters. The van der Waals surface area contributed by atoms with Crippen LogP contribution < -0.4 is 5.30 Å². The first-order chi connectivity index (χ1) is 9.71. The van der Waals surface area contributed by atoms with E-state index in [0.717, 1.165) is 10.9 Å². The van der Waals surface area contributed by atoms with Crippen molar-refractivity contribution in [3.63, 3.8) is 0 Å². The minimum absolute atomic E-state index is 0.302. The molecule has 1 aliphatic rings. The minimum Gasteiger partial charge on any atom is -0.444 e. The van der Waals surface area contributed by atoms with E-state index in [1.165, 1.54) is 0 Å². The van der Waals surface area contributed by atoms with Crippen molar-refractivity contribution < 1.29 is 14.6 Å². The van der Waals surface area contributed by atoms with Crippen molar-refractivity contribution in [1.29, 1.82) is 0 Å². The summed E-state index contributed by atoms with van der Waals surface area (Å²) in [5, 5.41) is 11.9. The van der Waals surface area contributed by atoms with Gasteiger partial charge in [0.05, 0.1) is 5.60 Å². The van der Waals surface area contributed by atoms with E-state index in [-0.39, 0.29) is 6.09 Å². The number of amides is 1. The van der Waals surface area contributed by atoms with E-state index in [1.807, 2.05) is 45.0 Å². The van der Waals surface area contributed by atoms with E-state index in [0.29, 0.717) is 25.9 Å². The average molecular weight is 309 g/mol. The molecule has 4 nitrogen and oxygen atoms in total. The van der Waals surface area contributed by atoms with Gasteiger partial charge < -0.3 is 14.7 Å². The molecule has 21 heavy (non-hydrogen) atoms. The largest absolute Gasteiger partial charge is 0.444 e. The molecule has 0 radical (unpaired) electrons. The first-order valence-electron chi connectivity index (χ1n) is 7.27. The number of nitrogens with zero attached hydrogens (tertiary/aromatic N) is 1. The molecule has 5 heteroatoms. The maximum atomic E-state index is 12.0. The van der Waals surface area contributed by atoms with Crippen molar-refractivity contribution in [2.24, 2.45) is 0 Å². The van der Waals surface area contributed by atoms with Crippen LogP contribution in [0.25, 0.3) is 0 Å². The summed E-state index contributed by atoms with van der Waals surface area (Å²) in [7, 11) is 2.66. The lowest BCUT2D eigenvalue weighted by Crippen LogP contribution is -2.47. The summed E-state index contributed by atoms with van der Waals surface area (Å²) in [4.78, 5) is 13.7. The number of piperidine rings is 1. The Morgan fingerprint density at radius 3 is 2.38 bits per heavy atom. The zero-order chi connectivity index (χ0) is 15.7. The van der Waals surface area contributed by atoms with Crippen LogP contribution in [-0.2, 0) is 10.3 Å². The summed E-state index contributed by atoms with van der Waals surface area (Å²) >= 11 is 0. The quantitative estimate of drug-likeness (QED) is 0.811. The zero-order valence-electron chi connectivity index (χ0n) is 12.9. The fourth-order valence-electron chi connectivity index (χ4n) is 2.58. The second-order valence-corrected chi connectivity index (χ2v) is 7.21. The van der Waals surface area contributed by atoms with Crippen LogP contribution >= 0.6 is 9.24 Å². The van der Waals surface area contributed by atoms with E-state index < -0.39 is 11.2 Å². The maximum Gasteiger partial charge on any atom is 0.410 e. The van der Waals surface area contributed by atoms with Crippen molar-refractivity contribution in [1.82, 2.24) is 4.90 Å². The van der Waals surface area contributed by atoms with Gasteiger partial charge in [-0.2, -0.15) is 0 Å². The Morgan fingerprint density at radius 1 is 1.29 bits per heavy atom. The second kappa shape index (κ2) is 5.94. The van der Waals surface area contributed by atoms with Gasteiger partial charge in [0.2, 0.25) is 0 Å². The molecule has 1 aliphatic heterocycles. The zero-order valence-corrected chi connectivity index (χ0v) is 14.1. The van der Waals surface area contributed by atoms with E-state index in [4.69, 9.17) is 4.74 Å². The Hall–Kier alpha value is -1.12. The Bertz CT molecular complexity index is 516. The predicted octanol–water partition coefficient (Wildman–Crippen LogP) is 2.41. The van der Waals surface area contributed by atoms with Crippen LogP contribution in [0, 0.1) is 0 Å². The summed E-state index contributed by atoms with van der Waals surface area (Å²) < 4.78 is 5.38. The summed E-state index contributed by atoms with van der Waals surface area (Å²) in [6.45, 7) is 6.58. The number of rotatable bonds is 1. The van der Waals surface area contributed by atoms with Crippen molar-refractivity contribution in [3.8, 4) is 0 Å². The Labute approximate surface area is 128 Å². The number of ether oxygens (including phenoxy) is 1. The molecule has 1 amide bonds. The number of benzene rings is 1. The SMILES string of the molecule is CC(C)(C)OC(=O)N1CCC(O)(c2ccccc2P)CC1. The first kappa shape index (κ1) is 16.3. The molecule has 1 aromatic rings. The number of carbonyl (C=O) groups is 1. The summed E-state index contributed by atoms with van der Waals surface area (Å²) in [6.07, 6.45) is 0.749. The standard InChI is InChI=1S/C16H24NO3P/c1-15(2,3)20-14(18)17-10-8-16(19,9-11-17)12-6-4-5-7-13(12)21/h4-7,19H,8-11,21H2,1-3H3. The molecule has 1 fully saturated rings. The van der Waals surface area contributed by atoms with Gasteiger partial charge in [0, 0.05) is 13.1 Å². The fraction of sp³-hybridized carbons (Fsp3) is 0.562. The van der Waals surface area contributed by atoms with Crippen molar-refractivity contribution in [2.45, 2.75) is 44.8 Å². The van der Waals surface area contributed by atoms with Crippen molar-refractivity contribution in [2.75, 3.05) is 13.1 Å². The molecule has 116 valence electrons. The lowest BCUT2D eigenvalue weighted by molar-refractivity contribution is -0.0350. The smallest absolute Gasteiger partial charge is 0.410 e. The number of likely N-dealkylation sites (tertiary alicyclic amines) is 1. The van der Waals surface area contributed by atoms with Gasteiger partial charge >= 0.3 is 6.09 Å². The van der Waals surface area contributed by atoms with Crippen LogP contribution in [0.15, 0.2) is 24.3 Å². The van der Waals surface area contributed by atoms with Crippen LogP contribution in [0.2, 0.25) is 0 Å². The van der Waals surface area contributed by atoms with Gasteiger partial charge in [-0.25, -0.2) is 4.79 Å². The van der Waals surface area contributed by atoms with Crippen LogP contribution in [0.5, 0.6) is 0 Å². The molecule has 0 bridgehead atoms. The highest BCUT2D eigenvalue weighted by Gasteiger charge is 2.37. The van der Waals surface area contributed by atoms with Crippen molar-refractivity contribution >= 4 is 20.6 Å². The Kier molecular flexibility index (Phi) is 4.60. The van der Waals surface area contributed by atoms with Crippen LogP contribution in [0.4, 0.5) is 4.79 Å². The summed E-state index contributed by atoms with van der Waals surface area (Å²) in [5.41, 5.74) is -0.423. The van der Waals surface area contributed by atoms with Gasteiger partial charge in [-0.05, 0) is 44.5 Å². The van der Waals surface area contributed by atoms with E-state index >= 15 is 0 Å². The van der Waals surface area contributed by atoms with Gasteiger partial charge in [-0.3, -0.25) is 0 Å². The highest BCUT2D eigenvalue weighted by molar-refractivity contribution is 7.27. The van der Waals surface area contributed by atoms with Crippen LogP contribution in [-0.4, -0.2) is 34.8 Å². The monoisotopic (exact) mass is 309 g/mol. The molecule has 1 atom stereocenters. The minimum atomic E-state index is -0.864. The van der Waals surface area contributed by atoms with Crippen molar-refractivity contribution in [3.05, 3.63) is 29.8 Å². The molecule has 1 heterocycles. The number of hydrogen-bond donors (Lipinski definition) is 1. The molecule has 1 aromatic carbocycles. The molecule has 0 spiro atoms. The summed E-state index contributed by atoms with van der Waals surface area (Å²) in [6, 6.07) is 7.80. The van der Waals surface area contributed by atoms with Gasteiger partial charge in [-0.1, -0.05) is 24.3 Å². The molecule has 0 aliphatic carbocycles. The lowest BCUT2D eigenvalue weighted by Gasteiger charge is -2.39. The highest BCUT2D eigenvalue weighted by Crippen LogP contribution is 2.33. The first-order valence-corrected chi connectivity index (χ1v) is 7.84. The molecule has 2 rings (SSSR count). The third-order valence-corrected chi connectivity index (χ3v) is 4.21. The molecule has 1 N–H and O–H groups in total. The lowest BCUT2D eigenvalue weighted by atomic mass is 9.84. The number of aliphatic hydroxyl groups is 1. The molecular weight excluding hydrogens is 285 g/mol. The molecular formula is C16H24NO3P. The maximum absolute atomic E-state index is 12.0. The number of carbonyl (C=O) groups excluding carboxylic acids is 1. The topological polar surface area (TPSA) is 49.8 Å². The predicted molar refractivity (Wildman–Crippen MR) is 86.7 cm³/mol. The van der Waals surface area contributed by atoms with E-state index in [1.54, 1.807) is 4.90 Å². The molecule has 0 saturated carbocycles.